The standard InChI is InChI=1S/C34H26ClIN2O5S2/c1-3-42-33(40)28-29(22-10-5-4-6-11-22)37-34-38(30(28)26-13-8-14-44-26)32(39)27(45-34)18-21-16-24(36)31(25(17-21)41-2)43-19-20-9-7-12-23(35)15-20/h4-18,30H,3,19H2,1-2H3/b27-18-/t30-/m0/s1. The second-order valence-electron chi connectivity index (χ2n) is 9.90. The highest BCUT2D eigenvalue weighted by Gasteiger charge is 2.35. The Kier molecular flexibility index (Phi) is 9.55. The first kappa shape index (κ1) is 31.3. The number of halogens is 2. The van der Waals surface area contributed by atoms with Crippen LogP contribution in [0, 0.1) is 3.57 Å². The van der Waals surface area contributed by atoms with Crippen LogP contribution in [0.4, 0.5) is 0 Å². The number of benzene rings is 3. The Balaban J connectivity index is 1.47. The normalized spacial score (nSPS) is 14.6. The molecule has 5 aromatic rings. The van der Waals surface area contributed by atoms with Gasteiger partial charge in [0.25, 0.3) is 5.56 Å². The zero-order valence-corrected chi connectivity index (χ0v) is 28.7. The third kappa shape index (κ3) is 6.51. The van der Waals surface area contributed by atoms with E-state index in [0.717, 1.165) is 25.1 Å². The van der Waals surface area contributed by atoms with Crippen LogP contribution in [-0.2, 0) is 16.1 Å². The Hall–Kier alpha value is -3.71. The van der Waals surface area contributed by atoms with E-state index in [1.165, 1.54) is 22.7 Å². The maximum absolute atomic E-state index is 14.1. The van der Waals surface area contributed by atoms with Gasteiger partial charge < -0.3 is 14.2 Å². The molecule has 0 bridgehead atoms. The summed E-state index contributed by atoms with van der Waals surface area (Å²) >= 11 is 11.1. The monoisotopic (exact) mass is 768 g/mol. The summed E-state index contributed by atoms with van der Waals surface area (Å²) in [5, 5.41) is 2.57. The summed E-state index contributed by atoms with van der Waals surface area (Å²) in [4.78, 5) is 33.9. The molecule has 1 aliphatic heterocycles. The van der Waals surface area contributed by atoms with Crippen LogP contribution in [0.5, 0.6) is 11.5 Å². The molecule has 0 amide bonds. The summed E-state index contributed by atoms with van der Waals surface area (Å²) in [7, 11) is 1.58. The second kappa shape index (κ2) is 13.7. The molecule has 11 heteroatoms. The van der Waals surface area contributed by atoms with Crippen LogP contribution in [0.25, 0.3) is 11.8 Å². The molecule has 0 unspecified atom stereocenters. The van der Waals surface area contributed by atoms with Gasteiger partial charge in [-0.05, 0) is 82.4 Å². The molecular weight excluding hydrogens is 743 g/mol. The van der Waals surface area contributed by atoms with Gasteiger partial charge in [0.15, 0.2) is 16.3 Å². The highest BCUT2D eigenvalue weighted by atomic mass is 127. The molecule has 228 valence electrons. The van der Waals surface area contributed by atoms with Crippen molar-refractivity contribution in [1.29, 1.82) is 0 Å². The zero-order valence-electron chi connectivity index (χ0n) is 24.2. The highest BCUT2D eigenvalue weighted by molar-refractivity contribution is 14.1. The Morgan fingerprint density at radius 3 is 2.62 bits per heavy atom. The Bertz CT molecular complexity index is 2090. The Morgan fingerprint density at radius 1 is 1.09 bits per heavy atom. The minimum Gasteiger partial charge on any atom is -0.493 e. The molecule has 0 saturated carbocycles. The number of carbonyl (C=O) groups excluding carboxylic acids is 1. The number of fused-ring (bicyclic) bond motifs is 1. The number of thiazole rings is 1. The minimum absolute atomic E-state index is 0.200. The fourth-order valence-electron chi connectivity index (χ4n) is 5.05. The molecule has 0 radical (unpaired) electrons. The lowest BCUT2D eigenvalue weighted by atomic mass is 9.97. The van der Waals surface area contributed by atoms with Crippen LogP contribution in [0.2, 0.25) is 5.02 Å². The first-order valence-electron chi connectivity index (χ1n) is 13.9. The van der Waals surface area contributed by atoms with Gasteiger partial charge in [-0.2, -0.15) is 0 Å². The van der Waals surface area contributed by atoms with E-state index >= 15 is 0 Å². The summed E-state index contributed by atoms with van der Waals surface area (Å²) < 4.78 is 20.2. The molecule has 0 spiro atoms. The molecule has 2 aromatic heterocycles. The van der Waals surface area contributed by atoms with E-state index in [9.17, 15) is 9.59 Å². The van der Waals surface area contributed by atoms with E-state index in [2.05, 4.69) is 22.6 Å². The van der Waals surface area contributed by atoms with Crippen LogP contribution >= 0.6 is 56.9 Å². The van der Waals surface area contributed by atoms with Gasteiger partial charge in [0.1, 0.15) is 12.6 Å². The molecule has 0 N–H and O–H groups in total. The first-order chi connectivity index (χ1) is 21.9. The van der Waals surface area contributed by atoms with Gasteiger partial charge in [0.2, 0.25) is 0 Å². The molecule has 3 aromatic carbocycles. The average Bonchev–Trinajstić information content (AvgIpc) is 3.68. The van der Waals surface area contributed by atoms with Gasteiger partial charge in [0, 0.05) is 15.5 Å². The molecule has 7 nitrogen and oxygen atoms in total. The molecule has 1 aliphatic rings. The third-order valence-electron chi connectivity index (χ3n) is 7.01. The predicted octanol–water partition coefficient (Wildman–Crippen LogP) is 6.84. The lowest BCUT2D eigenvalue weighted by molar-refractivity contribution is -0.138. The topological polar surface area (TPSA) is 79.1 Å². The maximum atomic E-state index is 14.1. The SMILES string of the molecule is CCOC(=O)C1=C(c2ccccc2)N=c2s/c(=C\c3cc(I)c(OCc4cccc(Cl)c4)c(OC)c3)c(=O)n2[C@H]1c1cccs1. The number of esters is 1. The maximum Gasteiger partial charge on any atom is 0.338 e. The lowest BCUT2D eigenvalue weighted by Gasteiger charge is -2.24. The number of hydrogen-bond acceptors (Lipinski definition) is 8. The molecule has 45 heavy (non-hydrogen) atoms. The van der Waals surface area contributed by atoms with Crippen molar-refractivity contribution in [3.63, 3.8) is 0 Å². The second-order valence-corrected chi connectivity index (χ2v) is 13.5. The van der Waals surface area contributed by atoms with E-state index in [1.807, 2.05) is 90.3 Å². The van der Waals surface area contributed by atoms with E-state index < -0.39 is 12.0 Å². The summed E-state index contributed by atoms with van der Waals surface area (Å²) in [5.74, 6) is 0.636. The summed E-state index contributed by atoms with van der Waals surface area (Å²) in [6.07, 6.45) is 1.82. The third-order valence-corrected chi connectivity index (χ3v) is 9.95. The summed E-state index contributed by atoms with van der Waals surface area (Å²) in [5.41, 5.74) is 3.05. The smallest absolute Gasteiger partial charge is 0.338 e. The van der Waals surface area contributed by atoms with Gasteiger partial charge in [-0.1, -0.05) is 71.5 Å². The van der Waals surface area contributed by atoms with Crippen molar-refractivity contribution in [3.8, 4) is 11.5 Å². The largest absolute Gasteiger partial charge is 0.493 e. The lowest BCUT2D eigenvalue weighted by Crippen LogP contribution is -2.39. The van der Waals surface area contributed by atoms with Gasteiger partial charge in [-0.25, -0.2) is 9.79 Å². The van der Waals surface area contributed by atoms with E-state index in [0.29, 0.717) is 43.7 Å². The first-order valence-corrected chi connectivity index (χ1v) is 17.1. The molecular formula is C34H26ClIN2O5S2. The Labute approximate surface area is 285 Å². The Morgan fingerprint density at radius 2 is 1.91 bits per heavy atom. The van der Waals surface area contributed by atoms with Crippen LogP contribution in [0.3, 0.4) is 0 Å². The number of thiophene rings is 1. The number of aromatic nitrogens is 1. The quantitative estimate of drug-likeness (QED) is 0.121. The van der Waals surface area contributed by atoms with Crippen molar-refractivity contribution < 1.29 is 19.0 Å². The summed E-state index contributed by atoms with van der Waals surface area (Å²) in [6.45, 7) is 2.28. The molecule has 3 heterocycles. The van der Waals surface area contributed by atoms with Crippen molar-refractivity contribution in [2.45, 2.75) is 19.6 Å². The molecule has 0 fully saturated rings. The zero-order chi connectivity index (χ0) is 31.5. The van der Waals surface area contributed by atoms with Crippen LogP contribution in [-0.4, -0.2) is 24.3 Å². The van der Waals surface area contributed by atoms with Gasteiger partial charge in [-0.15, -0.1) is 11.3 Å². The number of nitrogens with zero attached hydrogens (tertiary/aromatic N) is 2. The van der Waals surface area contributed by atoms with E-state index in [4.69, 9.17) is 30.8 Å². The number of ether oxygens (including phenoxy) is 3. The van der Waals surface area contributed by atoms with Crippen molar-refractivity contribution in [2.75, 3.05) is 13.7 Å². The van der Waals surface area contributed by atoms with Crippen molar-refractivity contribution in [3.05, 3.63) is 140 Å². The highest BCUT2D eigenvalue weighted by Crippen LogP contribution is 2.37. The fraction of sp³-hybridized carbons (Fsp3) is 0.147. The molecule has 0 aliphatic carbocycles. The van der Waals surface area contributed by atoms with Gasteiger partial charge in [-0.3, -0.25) is 9.36 Å². The number of hydrogen-bond donors (Lipinski definition) is 0. The summed E-state index contributed by atoms with van der Waals surface area (Å²) in [6, 6.07) is 23.9. The predicted molar refractivity (Wildman–Crippen MR) is 187 cm³/mol. The van der Waals surface area contributed by atoms with Gasteiger partial charge in [0.05, 0.1) is 33.1 Å². The van der Waals surface area contributed by atoms with Crippen molar-refractivity contribution >= 4 is 74.6 Å². The molecule has 0 saturated heterocycles. The van der Waals surface area contributed by atoms with Crippen LogP contribution in [0.1, 0.15) is 34.5 Å². The van der Waals surface area contributed by atoms with Crippen LogP contribution in [0.15, 0.2) is 99.6 Å². The minimum atomic E-state index is -0.686. The average molecular weight is 769 g/mol. The van der Waals surface area contributed by atoms with Crippen molar-refractivity contribution in [2.24, 2.45) is 4.99 Å². The molecule has 6 rings (SSSR count). The molecule has 1 atom stereocenters. The number of carbonyl (C=O) groups is 1. The van der Waals surface area contributed by atoms with E-state index in [-0.39, 0.29) is 12.2 Å². The number of methoxy groups -OCH3 is 1. The van der Waals surface area contributed by atoms with Crippen LogP contribution < -0.4 is 24.4 Å². The fourth-order valence-corrected chi connectivity index (χ4v) is 7.87. The number of rotatable bonds is 9. The van der Waals surface area contributed by atoms with Gasteiger partial charge >= 0.3 is 5.97 Å². The van der Waals surface area contributed by atoms with E-state index in [1.54, 1.807) is 18.6 Å². The van der Waals surface area contributed by atoms with Crippen molar-refractivity contribution in [1.82, 2.24) is 4.57 Å².